The van der Waals surface area contributed by atoms with E-state index in [1.54, 1.807) is 24.1 Å². The summed E-state index contributed by atoms with van der Waals surface area (Å²) < 4.78 is 7.65. The van der Waals surface area contributed by atoms with Crippen molar-refractivity contribution in [3.05, 3.63) is 78.2 Å². The first-order valence-electron chi connectivity index (χ1n) is 9.82. The lowest BCUT2D eigenvalue weighted by atomic mass is 10.1. The summed E-state index contributed by atoms with van der Waals surface area (Å²) in [4.78, 5) is 8.62. The lowest BCUT2D eigenvalue weighted by molar-refractivity contribution is 0.0646. The SMILES string of the molecule is CN=C(NCCCOC(C)c1ccccc1)NCc1ccnc(-n2cccn2)c1.I. The van der Waals surface area contributed by atoms with Crippen LogP contribution in [0.5, 0.6) is 0 Å². The summed E-state index contributed by atoms with van der Waals surface area (Å²) in [5, 5.41) is 10.9. The van der Waals surface area contributed by atoms with E-state index in [9.17, 15) is 0 Å². The molecule has 1 unspecified atom stereocenters. The normalized spacial score (nSPS) is 12.1. The van der Waals surface area contributed by atoms with Gasteiger partial charge in [0.2, 0.25) is 0 Å². The van der Waals surface area contributed by atoms with E-state index in [4.69, 9.17) is 4.74 Å². The molecule has 30 heavy (non-hydrogen) atoms. The van der Waals surface area contributed by atoms with Crippen LogP contribution < -0.4 is 10.6 Å². The Morgan fingerprint density at radius 3 is 2.70 bits per heavy atom. The maximum absolute atomic E-state index is 5.91. The number of nitrogens with zero attached hydrogens (tertiary/aromatic N) is 4. The molecule has 0 fully saturated rings. The van der Waals surface area contributed by atoms with Gasteiger partial charge in [-0.25, -0.2) is 9.67 Å². The van der Waals surface area contributed by atoms with E-state index in [1.807, 2.05) is 42.6 Å². The molecule has 3 rings (SSSR count). The minimum atomic E-state index is 0. The van der Waals surface area contributed by atoms with E-state index in [1.165, 1.54) is 5.56 Å². The predicted molar refractivity (Wildman–Crippen MR) is 130 cm³/mol. The molecule has 2 heterocycles. The van der Waals surface area contributed by atoms with Gasteiger partial charge in [-0.2, -0.15) is 5.10 Å². The molecule has 2 N–H and O–H groups in total. The first-order valence-corrected chi connectivity index (χ1v) is 9.82. The van der Waals surface area contributed by atoms with Crippen LogP contribution in [0.1, 0.15) is 30.6 Å². The number of halogens is 1. The number of aromatic nitrogens is 3. The summed E-state index contributed by atoms with van der Waals surface area (Å²) in [6.07, 6.45) is 6.40. The van der Waals surface area contributed by atoms with E-state index in [-0.39, 0.29) is 30.1 Å². The van der Waals surface area contributed by atoms with Gasteiger partial charge in [0, 0.05) is 45.3 Å². The zero-order valence-electron chi connectivity index (χ0n) is 17.4. The Hall–Kier alpha value is -2.46. The van der Waals surface area contributed by atoms with Crippen molar-refractivity contribution in [3.63, 3.8) is 0 Å². The first-order chi connectivity index (χ1) is 14.3. The van der Waals surface area contributed by atoms with Crippen LogP contribution >= 0.6 is 24.0 Å². The fraction of sp³-hybridized carbons (Fsp3) is 0.318. The van der Waals surface area contributed by atoms with Crippen LogP contribution in [0.4, 0.5) is 0 Å². The average Bonchev–Trinajstić information content (AvgIpc) is 3.31. The molecule has 0 aliphatic heterocycles. The van der Waals surface area contributed by atoms with Crippen molar-refractivity contribution in [1.82, 2.24) is 25.4 Å². The summed E-state index contributed by atoms with van der Waals surface area (Å²) in [6.45, 7) is 4.21. The van der Waals surface area contributed by atoms with Gasteiger partial charge in [0.1, 0.15) is 0 Å². The third kappa shape index (κ3) is 7.42. The van der Waals surface area contributed by atoms with Crippen molar-refractivity contribution < 1.29 is 4.74 Å². The van der Waals surface area contributed by atoms with Gasteiger partial charge in [-0.05, 0) is 42.7 Å². The number of guanidine groups is 1. The Labute approximate surface area is 195 Å². The summed E-state index contributed by atoms with van der Waals surface area (Å²) >= 11 is 0. The van der Waals surface area contributed by atoms with Gasteiger partial charge in [0.25, 0.3) is 0 Å². The Morgan fingerprint density at radius 2 is 1.97 bits per heavy atom. The van der Waals surface area contributed by atoms with E-state index in [0.717, 1.165) is 30.3 Å². The molecule has 0 bridgehead atoms. The molecular weight excluding hydrogens is 491 g/mol. The number of pyridine rings is 1. The largest absolute Gasteiger partial charge is 0.374 e. The monoisotopic (exact) mass is 520 g/mol. The summed E-state index contributed by atoms with van der Waals surface area (Å²) in [5.41, 5.74) is 2.30. The second kappa shape index (κ2) is 13.0. The van der Waals surface area contributed by atoms with E-state index in [2.05, 4.69) is 44.8 Å². The Kier molecular flexibility index (Phi) is 10.3. The fourth-order valence-corrected chi connectivity index (χ4v) is 2.87. The second-order valence-corrected chi connectivity index (χ2v) is 6.60. The van der Waals surface area contributed by atoms with Crippen LogP contribution in [-0.4, -0.2) is 40.9 Å². The molecule has 1 atom stereocenters. The van der Waals surface area contributed by atoms with E-state index in [0.29, 0.717) is 13.2 Å². The first kappa shape index (κ1) is 23.8. The number of aliphatic imine (C=N–C) groups is 1. The van der Waals surface area contributed by atoms with Crippen LogP contribution in [-0.2, 0) is 11.3 Å². The third-order valence-electron chi connectivity index (χ3n) is 4.48. The Balaban J connectivity index is 0.00000320. The lowest BCUT2D eigenvalue weighted by Gasteiger charge is -2.15. The summed E-state index contributed by atoms with van der Waals surface area (Å²) in [6, 6.07) is 16.1. The lowest BCUT2D eigenvalue weighted by Crippen LogP contribution is -2.37. The number of benzene rings is 1. The molecule has 3 aromatic rings. The van der Waals surface area contributed by atoms with Crippen molar-refractivity contribution in [1.29, 1.82) is 0 Å². The molecule has 0 saturated heterocycles. The van der Waals surface area contributed by atoms with Gasteiger partial charge in [-0.1, -0.05) is 30.3 Å². The molecule has 0 spiro atoms. The van der Waals surface area contributed by atoms with Crippen molar-refractivity contribution in [3.8, 4) is 5.82 Å². The van der Waals surface area contributed by atoms with E-state index >= 15 is 0 Å². The zero-order valence-corrected chi connectivity index (χ0v) is 19.7. The summed E-state index contributed by atoms with van der Waals surface area (Å²) in [5.74, 6) is 1.56. The van der Waals surface area contributed by atoms with Crippen LogP contribution in [0.25, 0.3) is 5.82 Å². The molecule has 2 aromatic heterocycles. The molecular formula is C22H29IN6O. The highest BCUT2D eigenvalue weighted by molar-refractivity contribution is 14.0. The van der Waals surface area contributed by atoms with Crippen molar-refractivity contribution in [2.75, 3.05) is 20.2 Å². The highest BCUT2D eigenvalue weighted by Gasteiger charge is 2.05. The van der Waals surface area contributed by atoms with Crippen LogP contribution in [0.15, 0.2) is 72.1 Å². The third-order valence-corrected chi connectivity index (χ3v) is 4.48. The molecule has 1 aromatic carbocycles. The van der Waals surface area contributed by atoms with Gasteiger partial charge in [0.15, 0.2) is 11.8 Å². The van der Waals surface area contributed by atoms with Crippen molar-refractivity contribution in [2.24, 2.45) is 4.99 Å². The Bertz CT molecular complexity index is 886. The molecule has 0 amide bonds. The standard InChI is InChI=1S/C22H28N6O.HI/c1-18(20-8-4-3-5-9-20)29-15-7-11-25-22(23-2)26-17-19-10-13-24-21(16-19)28-14-6-12-27-28;/h3-6,8-10,12-14,16,18H,7,11,15,17H2,1-2H3,(H2,23,25,26);1H. The molecule has 0 aliphatic rings. The molecule has 7 nitrogen and oxygen atoms in total. The van der Waals surface area contributed by atoms with Gasteiger partial charge in [0.05, 0.1) is 6.10 Å². The number of rotatable bonds is 9. The number of hydrogen-bond acceptors (Lipinski definition) is 4. The minimum absolute atomic E-state index is 0. The number of hydrogen-bond donors (Lipinski definition) is 2. The topological polar surface area (TPSA) is 76.4 Å². The maximum atomic E-state index is 5.91. The van der Waals surface area contributed by atoms with Crippen LogP contribution in [0.2, 0.25) is 0 Å². The Morgan fingerprint density at radius 1 is 1.13 bits per heavy atom. The molecule has 8 heteroatoms. The van der Waals surface area contributed by atoms with Gasteiger partial charge < -0.3 is 15.4 Å². The maximum Gasteiger partial charge on any atom is 0.191 e. The van der Waals surface area contributed by atoms with Crippen LogP contribution in [0.3, 0.4) is 0 Å². The number of ether oxygens (including phenoxy) is 1. The highest BCUT2D eigenvalue weighted by atomic mass is 127. The van der Waals surface area contributed by atoms with Gasteiger partial charge in [-0.15, -0.1) is 24.0 Å². The second-order valence-electron chi connectivity index (χ2n) is 6.60. The van der Waals surface area contributed by atoms with Gasteiger partial charge >= 0.3 is 0 Å². The predicted octanol–water partition coefficient (Wildman–Crippen LogP) is 3.72. The van der Waals surface area contributed by atoms with E-state index < -0.39 is 0 Å². The number of nitrogens with one attached hydrogen (secondary N) is 2. The fourth-order valence-electron chi connectivity index (χ4n) is 2.87. The van der Waals surface area contributed by atoms with Gasteiger partial charge in [-0.3, -0.25) is 4.99 Å². The van der Waals surface area contributed by atoms with Crippen molar-refractivity contribution >= 4 is 29.9 Å². The molecule has 0 aliphatic carbocycles. The molecule has 160 valence electrons. The van der Waals surface area contributed by atoms with Crippen LogP contribution in [0, 0.1) is 0 Å². The summed E-state index contributed by atoms with van der Waals surface area (Å²) in [7, 11) is 1.77. The zero-order chi connectivity index (χ0) is 20.3. The smallest absolute Gasteiger partial charge is 0.191 e. The minimum Gasteiger partial charge on any atom is -0.374 e. The quantitative estimate of drug-likeness (QED) is 0.195. The van der Waals surface area contributed by atoms with Crippen molar-refractivity contribution in [2.45, 2.75) is 26.0 Å². The average molecular weight is 520 g/mol. The molecule has 0 radical (unpaired) electrons. The molecule has 0 saturated carbocycles. The highest BCUT2D eigenvalue weighted by Crippen LogP contribution is 2.15.